The Morgan fingerprint density at radius 3 is 2.64 bits per heavy atom. The number of nitrogens with one attached hydrogen (secondary N) is 1. The molecule has 2 aromatic carbocycles. The summed E-state index contributed by atoms with van der Waals surface area (Å²) in [5, 5.41) is 5.90. The summed E-state index contributed by atoms with van der Waals surface area (Å²) in [5.41, 5.74) is 2.88. The fraction of sp³-hybridized carbons (Fsp3) is 0.368. The first-order valence-electron chi connectivity index (χ1n) is 8.11. The number of para-hydroxylation sites is 1. The number of ether oxygens (including phenoxy) is 1. The van der Waals surface area contributed by atoms with Gasteiger partial charge in [0.2, 0.25) is 0 Å². The molecule has 1 fully saturated rings. The van der Waals surface area contributed by atoms with Crippen molar-refractivity contribution in [1.82, 2.24) is 0 Å². The fourth-order valence-corrected chi connectivity index (χ4v) is 3.50. The molecule has 4 rings (SSSR count). The molecule has 0 unspecified atom stereocenters. The highest BCUT2D eigenvalue weighted by molar-refractivity contribution is 6.06. The third-order valence-electron chi connectivity index (χ3n) is 4.66. The first-order valence-corrected chi connectivity index (χ1v) is 8.11. The van der Waals surface area contributed by atoms with E-state index in [0.717, 1.165) is 33.4 Å². The van der Waals surface area contributed by atoms with Crippen molar-refractivity contribution in [3.05, 3.63) is 36.4 Å². The van der Waals surface area contributed by atoms with Gasteiger partial charge in [0.25, 0.3) is 0 Å². The van der Waals surface area contributed by atoms with E-state index in [0.29, 0.717) is 6.04 Å². The fourth-order valence-electron chi connectivity index (χ4n) is 3.50. The second kappa shape index (κ2) is 5.56. The number of furan rings is 1. The summed E-state index contributed by atoms with van der Waals surface area (Å²) in [7, 11) is 1.73. The molecule has 0 atom stereocenters. The van der Waals surface area contributed by atoms with Gasteiger partial charge in [-0.3, -0.25) is 0 Å². The summed E-state index contributed by atoms with van der Waals surface area (Å²) in [6, 6.07) is 12.9. The highest BCUT2D eigenvalue weighted by Gasteiger charge is 2.17. The molecule has 0 bridgehead atoms. The van der Waals surface area contributed by atoms with Crippen LogP contribution in [-0.2, 0) is 0 Å². The smallest absolute Gasteiger partial charge is 0.142 e. The van der Waals surface area contributed by atoms with E-state index in [2.05, 4.69) is 23.5 Å². The zero-order valence-electron chi connectivity index (χ0n) is 12.9. The number of fused-ring (bicyclic) bond motifs is 3. The molecular formula is C19H21NO2. The number of rotatable bonds is 3. The van der Waals surface area contributed by atoms with Gasteiger partial charge >= 0.3 is 0 Å². The molecule has 1 heterocycles. The third-order valence-corrected chi connectivity index (χ3v) is 4.66. The molecule has 1 aromatic heterocycles. The largest absolute Gasteiger partial charge is 0.495 e. The summed E-state index contributed by atoms with van der Waals surface area (Å²) >= 11 is 0. The van der Waals surface area contributed by atoms with Crippen molar-refractivity contribution in [2.24, 2.45) is 0 Å². The van der Waals surface area contributed by atoms with E-state index >= 15 is 0 Å². The Balaban J connectivity index is 1.78. The lowest BCUT2D eigenvalue weighted by Crippen LogP contribution is -2.22. The molecule has 0 amide bonds. The summed E-state index contributed by atoms with van der Waals surface area (Å²) < 4.78 is 11.6. The lowest BCUT2D eigenvalue weighted by molar-refractivity contribution is 0.413. The molecule has 0 aliphatic heterocycles. The van der Waals surface area contributed by atoms with Crippen molar-refractivity contribution < 1.29 is 9.15 Å². The van der Waals surface area contributed by atoms with E-state index in [1.807, 2.05) is 18.2 Å². The predicted molar refractivity (Wildman–Crippen MR) is 90.8 cm³/mol. The zero-order chi connectivity index (χ0) is 14.9. The van der Waals surface area contributed by atoms with Gasteiger partial charge in [0.1, 0.15) is 16.9 Å². The van der Waals surface area contributed by atoms with Gasteiger partial charge < -0.3 is 14.5 Å². The molecule has 22 heavy (non-hydrogen) atoms. The maximum absolute atomic E-state index is 5.99. The zero-order valence-corrected chi connectivity index (χ0v) is 12.9. The Kier molecular flexibility index (Phi) is 3.41. The van der Waals surface area contributed by atoms with E-state index < -0.39 is 0 Å². The van der Waals surface area contributed by atoms with Gasteiger partial charge in [0.15, 0.2) is 0 Å². The van der Waals surface area contributed by atoms with Crippen molar-refractivity contribution in [3.8, 4) is 5.75 Å². The van der Waals surface area contributed by atoms with E-state index in [-0.39, 0.29) is 0 Å². The molecule has 1 N–H and O–H groups in total. The van der Waals surface area contributed by atoms with Gasteiger partial charge in [-0.1, -0.05) is 37.5 Å². The van der Waals surface area contributed by atoms with E-state index in [9.17, 15) is 0 Å². The maximum Gasteiger partial charge on any atom is 0.142 e. The lowest BCUT2D eigenvalue weighted by atomic mass is 9.95. The van der Waals surface area contributed by atoms with Crippen LogP contribution in [0.2, 0.25) is 0 Å². The number of anilines is 1. The Bertz CT molecular complexity index is 800. The molecule has 1 aliphatic carbocycles. The summed E-state index contributed by atoms with van der Waals surface area (Å²) in [5.74, 6) is 0.893. The first-order chi connectivity index (χ1) is 10.8. The molecule has 3 heteroatoms. The van der Waals surface area contributed by atoms with Gasteiger partial charge in [-0.2, -0.15) is 0 Å². The molecule has 1 aliphatic rings. The molecule has 0 radical (unpaired) electrons. The molecule has 114 valence electrons. The van der Waals surface area contributed by atoms with E-state index in [1.54, 1.807) is 7.11 Å². The average molecular weight is 295 g/mol. The van der Waals surface area contributed by atoms with Crippen LogP contribution in [0, 0.1) is 0 Å². The van der Waals surface area contributed by atoms with Crippen molar-refractivity contribution in [1.29, 1.82) is 0 Å². The maximum atomic E-state index is 5.99. The van der Waals surface area contributed by atoms with Gasteiger partial charge in [-0.05, 0) is 25.0 Å². The Morgan fingerprint density at radius 1 is 1.00 bits per heavy atom. The van der Waals surface area contributed by atoms with Crippen molar-refractivity contribution in [2.75, 3.05) is 12.4 Å². The standard InChI is InChI=1S/C19H21NO2/c1-21-19-11-15-14-9-5-6-10-17(14)22-18(15)12-16(19)20-13-7-3-2-4-8-13/h5-6,9-13,20H,2-4,7-8H2,1H3. The van der Waals surface area contributed by atoms with E-state index in [4.69, 9.17) is 9.15 Å². The monoisotopic (exact) mass is 295 g/mol. The second-order valence-corrected chi connectivity index (χ2v) is 6.13. The summed E-state index contributed by atoms with van der Waals surface area (Å²) in [6.07, 6.45) is 6.46. The number of methoxy groups -OCH3 is 1. The highest BCUT2D eigenvalue weighted by atomic mass is 16.5. The SMILES string of the molecule is COc1cc2c(cc1NC1CCCCC1)oc1ccccc12. The second-order valence-electron chi connectivity index (χ2n) is 6.13. The Morgan fingerprint density at radius 2 is 1.82 bits per heavy atom. The van der Waals surface area contributed by atoms with Gasteiger partial charge in [-0.25, -0.2) is 0 Å². The topological polar surface area (TPSA) is 34.4 Å². The van der Waals surface area contributed by atoms with Crippen LogP contribution in [0.4, 0.5) is 5.69 Å². The summed E-state index contributed by atoms with van der Waals surface area (Å²) in [4.78, 5) is 0. The minimum absolute atomic E-state index is 0.546. The number of hydrogen-bond donors (Lipinski definition) is 1. The number of benzene rings is 2. The van der Waals surface area contributed by atoms with Crippen molar-refractivity contribution in [3.63, 3.8) is 0 Å². The van der Waals surface area contributed by atoms with Crippen molar-refractivity contribution in [2.45, 2.75) is 38.1 Å². The Hall–Kier alpha value is -2.16. The van der Waals surface area contributed by atoms with Gasteiger partial charge in [-0.15, -0.1) is 0 Å². The molecule has 1 saturated carbocycles. The van der Waals surface area contributed by atoms with Crippen LogP contribution in [-0.4, -0.2) is 13.2 Å². The van der Waals surface area contributed by atoms with Crippen LogP contribution in [0.5, 0.6) is 5.75 Å². The highest BCUT2D eigenvalue weighted by Crippen LogP contribution is 2.37. The lowest BCUT2D eigenvalue weighted by Gasteiger charge is -2.24. The third kappa shape index (κ3) is 2.31. The van der Waals surface area contributed by atoms with E-state index in [1.165, 1.54) is 32.1 Å². The molecule has 3 aromatic rings. The minimum Gasteiger partial charge on any atom is -0.495 e. The van der Waals surface area contributed by atoms with Gasteiger partial charge in [0, 0.05) is 22.9 Å². The Labute approximate surface area is 130 Å². The van der Waals surface area contributed by atoms with Crippen LogP contribution >= 0.6 is 0 Å². The quantitative estimate of drug-likeness (QED) is 0.708. The average Bonchev–Trinajstić information content (AvgIpc) is 2.92. The van der Waals surface area contributed by atoms with Crippen LogP contribution < -0.4 is 10.1 Å². The normalized spacial score (nSPS) is 16.2. The van der Waals surface area contributed by atoms with Crippen LogP contribution in [0.3, 0.4) is 0 Å². The van der Waals surface area contributed by atoms with Crippen LogP contribution in [0.25, 0.3) is 21.9 Å². The van der Waals surface area contributed by atoms with Crippen LogP contribution in [0.15, 0.2) is 40.8 Å². The minimum atomic E-state index is 0.546. The first kappa shape index (κ1) is 13.5. The predicted octanol–water partition coefficient (Wildman–Crippen LogP) is 5.34. The molecule has 0 spiro atoms. The van der Waals surface area contributed by atoms with Crippen LogP contribution in [0.1, 0.15) is 32.1 Å². The molecule has 0 saturated heterocycles. The summed E-state index contributed by atoms with van der Waals surface area (Å²) in [6.45, 7) is 0. The number of hydrogen-bond acceptors (Lipinski definition) is 3. The molecule has 3 nitrogen and oxygen atoms in total. The molecular weight excluding hydrogens is 274 g/mol. The van der Waals surface area contributed by atoms with Crippen molar-refractivity contribution >= 4 is 27.6 Å². The van der Waals surface area contributed by atoms with Gasteiger partial charge in [0.05, 0.1) is 12.8 Å².